The maximum absolute atomic E-state index is 9.42. The molecule has 0 saturated heterocycles. The largest absolute Gasteiger partial charge is 0.316 e. The quantitative estimate of drug-likeness (QED) is 0.224. The molecule has 2 aromatic heterocycles. The van der Waals surface area contributed by atoms with Crippen LogP contribution in [0, 0.1) is 22.7 Å². The molecule has 0 aliphatic carbocycles. The van der Waals surface area contributed by atoms with Crippen molar-refractivity contribution in [2.45, 2.75) is 0 Å². The van der Waals surface area contributed by atoms with Crippen LogP contribution in [0.5, 0.6) is 0 Å². The van der Waals surface area contributed by atoms with Gasteiger partial charge in [0.25, 0.3) is 0 Å². The molecule has 0 aliphatic rings. The van der Waals surface area contributed by atoms with Gasteiger partial charge in [0, 0.05) is 39.1 Å². The minimum absolute atomic E-state index is 0.484. The summed E-state index contributed by atoms with van der Waals surface area (Å²) in [5.41, 5.74) is 8.56. The van der Waals surface area contributed by atoms with Crippen molar-refractivity contribution in [3.8, 4) is 34.6 Å². The van der Waals surface area contributed by atoms with Gasteiger partial charge in [0.2, 0.25) is 0 Å². The molecule has 0 amide bonds. The summed E-state index contributed by atoms with van der Waals surface area (Å²) in [6.07, 6.45) is 2.18. The number of hydrogen-bond donors (Lipinski definition) is 0. The molecule has 0 bridgehead atoms. The smallest absolute Gasteiger partial charge is 0.0992 e. The van der Waals surface area contributed by atoms with Crippen LogP contribution < -0.4 is 0 Å². The molecule has 0 fully saturated rings. The Bertz CT molecular complexity index is 2290. The van der Waals surface area contributed by atoms with E-state index in [1.165, 1.54) is 38.0 Å². The number of para-hydroxylation sites is 1. The van der Waals surface area contributed by atoms with Gasteiger partial charge in [0.15, 0.2) is 0 Å². The Morgan fingerprint density at radius 3 is 1.82 bits per heavy atom. The van der Waals surface area contributed by atoms with Crippen LogP contribution in [-0.4, -0.2) is 9.13 Å². The van der Waals surface area contributed by atoms with E-state index in [1.807, 2.05) is 18.2 Å². The van der Waals surface area contributed by atoms with E-state index in [4.69, 9.17) is 0 Å². The van der Waals surface area contributed by atoms with Crippen molar-refractivity contribution in [1.29, 1.82) is 10.5 Å². The van der Waals surface area contributed by atoms with Crippen LogP contribution >= 0.6 is 0 Å². The summed E-state index contributed by atoms with van der Waals surface area (Å²) in [7, 11) is 0. The Kier molecular flexibility index (Phi) is 4.62. The van der Waals surface area contributed by atoms with E-state index in [1.54, 1.807) is 6.07 Å². The minimum Gasteiger partial charge on any atom is -0.316 e. The van der Waals surface area contributed by atoms with Gasteiger partial charge in [-0.2, -0.15) is 10.5 Å². The molecule has 0 N–H and O–H groups in total. The Morgan fingerprint density at radius 1 is 0.500 bits per heavy atom. The highest BCUT2D eigenvalue weighted by molar-refractivity contribution is 6.34. The molecule has 8 aromatic rings. The Labute approximate surface area is 230 Å². The van der Waals surface area contributed by atoms with Crippen LogP contribution in [0.1, 0.15) is 11.1 Å². The van der Waals surface area contributed by atoms with Crippen molar-refractivity contribution in [2.24, 2.45) is 0 Å². The first-order valence-corrected chi connectivity index (χ1v) is 13.1. The molecule has 0 aliphatic heterocycles. The van der Waals surface area contributed by atoms with Gasteiger partial charge in [-0.05, 0) is 77.2 Å². The monoisotopic (exact) mass is 508 g/mol. The lowest BCUT2D eigenvalue weighted by Crippen LogP contribution is -1.94. The molecule has 0 radical (unpaired) electrons. The maximum atomic E-state index is 9.42. The Morgan fingerprint density at radius 2 is 1.15 bits per heavy atom. The van der Waals surface area contributed by atoms with Crippen LogP contribution in [0.15, 0.2) is 121 Å². The Hall–Kier alpha value is -5.84. The molecule has 0 spiro atoms. The summed E-state index contributed by atoms with van der Waals surface area (Å²) in [6, 6.07) is 43.9. The summed E-state index contributed by atoms with van der Waals surface area (Å²) in [4.78, 5) is 0. The van der Waals surface area contributed by atoms with E-state index in [0.29, 0.717) is 11.1 Å². The fourth-order valence-electron chi connectivity index (χ4n) is 6.26. The number of nitrogens with zero attached hydrogens (tertiary/aromatic N) is 4. The van der Waals surface area contributed by atoms with Gasteiger partial charge in [0.1, 0.15) is 0 Å². The summed E-state index contributed by atoms with van der Waals surface area (Å²) in [5.74, 6) is 0. The van der Waals surface area contributed by atoms with E-state index in [9.17, 15) is 10.5 Å². The molecule has 0 saturated carbocycles. The molecule has 0 atom stereocenters. The van der Waals surface area contributed by atoms with E-state index in [0.717, 1.165) is 28.0 Å². The van der Waals surface area contributed by atoms with Crippen LogP contribution in [0.2, 0.25) is 0 Å². The zero-order valence-electron chi connectivity index (χ0n) is 21.3. The molecule has 6 aromatic carbocycles. The second kappa shape index (κ2) is 8.33. The van der Waals surface area contributed by atoms with Crippen molar-refractivity contribution in [3.05, 3.63) is 133 Å². The predicted octanol–water partition coefficient (Wildman–Crippen LogP) is 8.73. The van der Waals surface area contributed by atoms with Crippen molar-refractivity contribution in [2.75, 3.05) is 0 Å². The number of benzene rings is 6. The van der Waals surface area contributed by atoms with Gasteiger partial charge in [-0.15, -0.1) is 0 Å². The third-order valence-electron chi connectivity index (χ3n) is 7.93. The normalized spacial score (nSPS) is 11.4. The fourth-order valence-corrected chi connectivity index (χ4v) is 6.26. The molecular formula is C36H20N4. The second-order valence-corrected chi connectivity index (χ2v) is 10.1. The van der Waals surface area contributed by atoms with Crippen molar-refractivity contribution < 1.29 is 0 Å². The van der Waals surface area contributed by atoms with Gasteiger partial charge in [-0.25, -0.2) is 0 Å². The lowest BCUT2D eigenvalue weighted by molar-refractivity contribution is 1.13. The lowest BCUT2D eigenvalue weighted by atomic mass is 9.98. The fraction of sp³-hybridized carbons (Fsp3) is 0. The zero-order chi connectivity index (χ0) is 26.8. The average Bonchev–Trinajstić information content (AvgIpc) is 3.62. The SMILES string of the molecule is N#Cc1cc(C#N)cc(-c2ccc(-n3c4cccc5c6ccn(-c7ccccc7)c6c6cccc3c6c54)cc2)c1. The summed E-state index contributed by atoms with van der Waals surface area (Å²) in [6.45, 7) is 0. The first-order chi connectivity index (χ1) is 19.7. The maximum Gasteiger partial charge on any atom is 0.0992 e. The van der Waals surface area contributed by atoms with Crippen molar-refractivity contribution in [3.63, 3.8) is 0 Å². The summed E-state index contributed by atoms with van der Waals surface area (Å²) < 4.78 is 4.63. The first kappa shape index (κ1) is 22.2. The molecular weight excluding hydrogens is 488 g/mol. The van der Waals surface area contributed by atoms with Gasteiger partial charge < -0.3 is 9.13 Å². The van der Waals surface area contributed by atoms with Crippen molar-refractivity contribution in [1.82, 2.24) is 9.13 Å². The molecule has 0 unspecified atom stereocenters. The molecule has 2 heterocycles. The standard InChI is InChI=1S/C36H20N4/c37-21-23-18-24(22-38)20-26(19-23)25-12-14-28(15-13-25)40-32-10-4-8-29-30-16-17-39(27-6-2-1-3-7-27)36(30)31-9-5-11-33(40)35(31)34(29)32/h1-20H. The third-order valence-corrected chi connectivity index (χ3v) is 7.93. The number of fused-ring (bicyclic) bond motifs is 3. The minimum atomic E-state index is 0.484. The van der Waals surface area contributed by atoms with E-state index in [2.05, 4.69) is 118 Å². The highest BCUT2D eigenvalue weighted by atomic mass is 15.0. The van der Waals surface area contributed by atoms with Crippen LogP contribution in [0.4, 0.5) is 0 Å². The molecule has 4 nitrogen and oxygen atoms in total. The number of aromatic nitrogens is 2. The van der Waals surface area contributed by atoms with Crippen LogP contribution in [0.25, 0.3) is 66.0 Å². The van der Waals surface area contributed by atoms with E-state index < -0.39 is 0 Å². The average molecular weight is 509 g/mol. The second-order valence-electron chi connectivity index (χ2n) is 10.1. The zero-order valence-corrected chi connectivity index (χ0v) is 21.3. The third kappa shape index (κ3) is 3.05. The highest BCUT2D eigenvalue weighted by Crippen LogP contribution is 2.44. The van der Waals surface area contributed by atoms with Gasteiger partial charge >= 0.3 is 0 Å². The first-order valence-electron chi connectivity index (χ1n) is 13.1. The van der Waals surface area contributed by atoms with Gasteiger partial charge in [-0.1, -0.05) is 54.6 Å². The van der Waals surface area contributed by atoms with E-state index >= 15 is 0 Å². The van der Waals surface area contributed by atoms with Crippen molar-refractivity contribution >= 4 is 43.5 Å². The lowest BCUT2D eigenvalue weighted by Gasteiger charge is -2.10. The van der Waals surface area contributed by atoms with Gasteiger partial charge in [0.05, 0.1) is 39.8 Å². The Balaban J connectivity index is 1.38. The molecule has 184 valence electrons. The number of hydrogen-bond acceptors (Lipinski definition) is 2. The van der Waals surface area contributed by atoms with Crippen LogP contribution in [0.3, 0.4) is 0 Å². The molecule has 8 rings (SSSR count). The van der Waals surface area contributed by atoms with Crippen LogP contribution in [-0.2, 0) is 0 Å². The highest BCUT2D eigenvalue weighted by Gasteiger charge is 2.21. The summed E-state index contributed by atoms with van der Waals surface area (Å²) in [5, 5.41) is 25.1. The summed E-state index contributed by atoms with van der Waals surface area (Å²) >= 11 is 0. The molecule has 40 heavy (non-hydrogen) atoms. The number of rotatable bonds is 3. The van der Waals surface area contributed by atoms with Gasteiger partial charge in [-0.3, -0.25) is 0 Å². The van der Waals surface area contributed by atoms with E-state index in [-0.39, 0.29) is 0 Å². The predicted molar refractivity (Wildman–Crippen MR) is 161 cm³/mol. The molecule has 4 heteroatoms. The topological polar surface area (TPSA) is 57.4 Å². The number of nitriles is 2.